The van der Waals surface area contributed by atoms with Crippen molar-refractivity contribution in [3.8, 4) is 6.07 Å². The molecule has 0 aliphatic carbocycles. The maximum Gasteiger partial charge on any atom is 0.0927 e. The van der Waals surface area contributed by atoms with E-state index in [1.54, 1.807) is 0 Å². The van der Waals surface area contributed by atoms with Gasteiger partial charge in [-0.1, -0.05) is 42.8 Å². The minimum Gasteiger partial charge on any atom is -0.193 e. The molecule has 0 unspecified atom stereocenters. The molecule has 0 aliphatic heterocycles. The van der Waals surface area contributed by atoms with E-state index in [4.69, 9.17) is 16.9 Å². The predicted molar refractivity (Wildman–Crippen MR) is 55.3 cm³/mol. The second-order valence-corrected chi connectivity index (χ2v) is 3.08. The lowest BCUT2D eigenvalue weighted by Crippen LogP contribution is -1.82. The molecule has 1 aromatic rings. The Hall–Kier alpha value is -1.26. The lowest BCUT2D eigenvalue weighted by Gasteiger charge is -2.00. The molecule has 0 aromatic heterocycles. The van der Waals surface area contributed by atoms with Crippen LogP contribution in [0.5, 0.6) is 0 Å². The maximum atomic E-state index is 8.41. The summed E-state index contributed by atoms with van der Waals surface area (Å²) in [6, 6.07) is 9.79. The van der Waals surface area contributed by atoms with Crippen LogP contribution in [0.25, 0.3) is 5.03 Å². The van der Waals surface area contributed by atoms with Crippen LogP contribution in [0.2, 0.25) is 0 Å². The molecule has 0 aliphatic rings. The van der Waals surface area contributed by atoms with Crippen LogP contribution >= 0.6 is 11.6 Å². The molecule has 66 valence electrons. The fraction of sp³-hybridized carbons (Fsp3) is 0.182. The van der Waals surface area contributed by atoms with Gasteiger partial charge in [-0.2, -0.15) is 5.26 Å². The summed E-state index contributed by atoms with van der Waals surface area (Å²) < 4.78 is 0. The van der Waals surface area contributed by atoms with Gasteiger partial charge < -0.3 is 0 Å². The van der Waals surface area contributed by atoms with E-state index in [9.17, 15) is 0 Å². The van der Waals surface area contributed by atoms with Crippen LogP contribution in [0.1, 0.15) is 18.1 Å². The third-order valence-electron chi connectivity index (χ3n) is 1.80. The zero-order valence-electron chi connectivity index (χ0n) is 7.42. The van der Waals surface area contributed by atoms with E-state index in [1.807, 2.05) is 30.3 Å². The molecule has 0 bridgehead atoms. The Morgan fingerprint density at radius 1 is 1.62 bits per heavy atom. The van der Waals surface area contributed by atoms with Gasteiger partial charge in [0.25, 0.3) is 0 Å². The Kier molecular flexibility index (Phi) is 3.54. The van der Waals surface area contributed by atoms with Gasteiger partial charge in [-0.3, -0.25) is 0 Å². The van der Waals surface area contributed by atoms with Gasteiger partial charge in [0.15, 0.2) is 0 Å². The smallest absolute Gasteiger partial charge is 0.0927 e. The van der Waals surface area contributed by atoms with Crippen molar-refractivity contribution >= 4 is 16.6 Å². The van der Waals surface area contributed by atoms with Crippen molar-refractivity contribution in [2.45, 2.75) is 13.3 Å². The second kappa shape index (κ2) is 4.69. The second-order valence-electron chi connectivity index (χ2n) is 2.68. The number of allylic oxidation sites excluding steroid dienone is 1. The zero-order valence-corrected chi connectivity index (χ0v) is 8.17. The predicted octanol–water partition coefficient (Wildman–Crippen LogP) is 3.35. The first-order valence-corrected chi connectivity index (χ1v) is 4.50. The molecular weight excluding hydrogens is 182 g/mol. The summed E-state index contributed by atoms with van der Waals surface area (Å²) in [7, 11) is 0. The van der Waals surface area contributed by atoms with E-state index >= 15 is 0 Å². The molecule has 2 heteroatoms. The fourth-order valence-electron chi connectivity index (χ4n) is 1.08. The van der Waals surface area contributed by atoms with Gasteiger partial charge in [0.05, 0.1) is 11.1 Å². The Bertz CT molecular complexity index is 361. The molecule has 0 saturated carbocycles. The first-order chi connectivity index (χ1) is 6.27. The molecule has 0 N–H and O–H groups in total. The summed E-state index contributed by atoms with van der Waals surface area (Å²) in [5.74, 6) is 0. The summed E-state index contributed by atoms with van der Waals surface area (Å²) >= 11 is 5.87. The minimum atomic E-state index is 0.498. The molecule has 0 spiro atoms. The van der Waals surface area contributed by atoms with Crippen molar-refractivity contribution in [2.75, 3.05) is 0 Å². The first kappa shape index (κ1) is 9.83. The molecule has 0 saturated heterocycles. The molecule has 1 nitrogen and oxygen atoms in total. The van der Waals surface area contributed by atoms with Gasteiger partial charge in [-0.15, -0.1) is 0 Å². The number of hydrogen-bond donors (Lipinski definition) is 0. The number of nitrogens with zero attached hydrogens (tertiary/aromatic N) is 1. The normalized spacial score (nSPS) is 11.0. The highest BCUT2D eigenvalue weighted by molar-refractivity contribution is 6.48. The molecule has 0 radical (unpaired) electrons. The number of aryl methyl sites for hydroxylation is 1. The Balaban J connectivity index is 3.03. The molecule has 13 heavy (non-hydrogen) atoms. The van der Waals surface area contributed by atoms with Crippen molar-refractivity contribution in [3.05, 3.63) is 41.5 Å². The van der Waals surface area contributed by atoms with E-state index in [0.717, 1.165) is 12.0 Å². The summed E-state index contributed by atoms with van der Waals surface area (Å²) in [6.45, 7) is 2.08. The fourth-order valence-corrected chi connectivity index (χ4v) is 1.25. The molecule has 0 fully saturated rings. The highest BCUT2D eigenvalue weighted by atomic mass is 35.5. The lowest BCUT2D eigenvalue weighted by molar-refractivity contribution is 1.14. The summed E-state index contributed by atoms with van der Waals surface area (Å²) in [5.41, 5.74) is 2.13. The van der Waals surface area contributed by atoms with E-state index in [2.05, 4.69) is 6.92 Å². The molecule has 0 heterocycles. The van der Waals surface area contributed by atoms with Crippen molar-refractivity contribution < 1.29 is 0 Å². The third kappa shape index (κ3) is 2.61. The number of halogens is 1. The zero-order chi connectivity index (χ0) is 9.68. The summed E-state index contributed by atoms with van der Waals surface area (Å²) in [6.07, 6.45) is 2.32. The standard InChI is InChI=1S/C11H10ClN/c1-2-9-4-3-5-10(8-9)11(12)6-7-13/h3-6,8H,2H2,1H3. The maximum absolute atomic E-state index is 8.41. The van der Waals surface area contributed by atoms with Crippen molar-refractivity contribution in [2.24, 2.45) is 0 Å². The number of benzene rings is 1. The van der Waals surface area contributed by atoms with Gasteiger partial charge >= 0.3 is 0 Å². The topological polar surface area (TPSA) is 23.8 Å². The quantitative estimate of drug-likeness (QED) is 0.658. The van der Waals surface area contributed by atoms with Crippen LogP contribution in [0, 0.1) is 11.3 Å². The molecule has 0 atom stereocenters. The average Bonchev–Trinajstić information content (AvgIpc) is 2.18. The van der Waals surface area contributed by atoms with Crippen LogP contribution in [0.3, 0.4) is 0 Å². The van der Waals surface area contributed by atoms with Gasteiger partial charge in [0.2, 0.25) is 0 Å². The van der Waals surface area contributed by atoms with Crippen LogP contribution < -0.4 is 0 Å². The van der Waals surface area contributed by atoms with E-state index in [0.29, 0.717) is 5.03 Å². The van der Waals surface area contributed by atoms with E-state index in [-0.39, 0.29) is 0 Å². The minimum absolute atomic E-state index is 0.498. The number of hydrogen-bond acceptors (Lipinski definition) is 1. The monoisotopic (exact) mass is 191 g/mol. The summed E-state index contributed by atoms with van der Waals surface area (Å²) in [4.78, 5) is 0. The molecule has 1 rings (SSSR count). The first-order valence-electron chi connectivity index (χ1n) is 4.12. The highest BCUT2D eigenvalue weighted by Crippen LogP contribution is 2.19. The van der Waals surface area contributed by atoms with Gasteiger partial charge in [-0.05, 0) is 17.5 Å². The summed E-state index contributed by atoms with van der Waals surface area (Å²) in [5, 5.41) is 8.91. The van der Waals surface area contributed by atoms with Crippen LogP contribution in [0.4, 0.5) is 0 Å². The highest BCUT2D eigenvalue weighted by Gasteiger charge is 1.97. The van der Waals surface area contributed by atoms with Gasteiger partial charge in [-0.25, -0.2) is 0 Å². The van der Waals surface area contributed by atoms with Gasteiger partial charge in [0, 0.05) is 6.08 Å². The van der Waals surface area contributed by atoms with Crippen LogP contribution in [0.15, 0.2) is 30.3 Å². The largest absolute Gasteiger partial charge is 0.193 e. The van der Waals surface area contributed by atoms with E-state index in [1.165, 1.54) is 11.6 Å². The van der Waals surface area contributed by atoms with Crippen molar-refractivity contribution in [3.63, 3.8) is 0 Å². The Labute approximate surface area is 83.3 Å². The van der Waals surface area contributed by atoms with Crippen molar-refractivity contribution in [1.82, 2.24) is 0 Å². The average molecular weight is 192 g/mol. The Morgan fingerprint density at radius 3 is 3.00 bits per heavy atom. The Morgan fingerprint density at radius 2 is 2.38 bits per heavy atom. The van der Waals surface area contributed by atoms with Crippen LogP contribution in [-0.4, -0.2) is 0 Å². The van der Waals surface area contributed by atoms with Crippen molar-refractivity contribution in [1.29, 1.82) is 5.26 Å². The number of rotatable bonds is 2. The number of nitriles is 1. The van der Waals surface area contributed by atoms with Gasteiger partial charge in [0.1, 0.15) is 0 Å². The molecular formula is C11H10ClN. The van der Waals surface area contributed by atoms with Crippen LogP contribution in [-0.2, 0) is 6.42 Å². The third-order valence-corrected chi connectivity index (χ3v) is 2.13. The molecule has 0 amide bonds. The SMILES string of the molecule is CCc1cccc(C(Cl)=CC#N)c1. The lowest BCUT2D eigenvalue weighted by atomic mass is 10.1. The molecule has 1 aromatic carbocycles. The van der Waals surface area contributed by atoms with E-state index < -0.39 is 0 Å².